The van der Waals surface area contributed by atoms with E-state index < -0.39 is 0 Å². The molecule has 1 N–H and O–H groups in total. The first-order valence-electron chi connectivity index (χ1n) is 9.37. The van der Waals surface area contributed by atoms with Crippen molar-refractivity contribution in [3.05, 3.63) is 100 Å². The third-order valence-electron chi connectivity index (χ3n) is 5.99. The van der Waals surface area contributed by atoms with Gasteiger partial charge in [0.25, 0.3) is 0 Å². The molecule has 28 heavy (non-hydrogen) atoms. The molecule has 2 heterocycles. The normalized spacial score (nSPS) is 18.8. The molecule has 0 fully saturated rings. The van der Waals surface area contributed by atoms with Crippen molar-refractivity contribution in [2.45, 2.75) is 12.3 Å². The molecule has 0 aromatic heterocycles. The number of anilines is 1. The summed E-state index contributed by atoms with van der Waals surface area (Å²) in [4.78, 5) is 12.6. The lowest BCUT2D eigenvalue weighted by Crippen LogP contribution is -2.21. The molecule has 3 aliphatic rings. The maximum Gasteiger partial charge on any atom is 0.337 e. The van der Waals surface area contributed by atoms with Gasteiger partial charge in [-0.05, 0) is 58.0 Å². The number of ether oxygens (including phenoxy) is 1. The van der Waals surface area contributed by atoms with E-state index in [-0.39, 0.29) is 24.3 Å². The van der Waals surface area contributed by atoms with Gasteiger partial charge in [-0.25, -0.2) is 9.18 Å². The van der Waals surface area contributed by atoms with Crippen LogP contribution < -0.4 is 5.32 Å². The summed E-state index contributed by atoms with van der Waals surface area (Å²) in [6.45, 7) is 0.253. The van der Waals surface area contributed by atoms with Crippen LogP contribution in [0.4, 0.5) is 10.1 Å². The van der Waals surface area contributed by atoms with Crippen molar-refractivity contribution >= 4 is 11.7 Å². The Kier molecular flexibility index (Phi) is 3.10. The number of esters is 1. The molecule has 0 spiro atoms. The van der Waals surface area contributed by atoms with Crippen LogP contribution in [0.3, 0.4) is 0 Å². The molecule has 1 aliphatic carbocycles. The van der Waals surface area contributed by atoms with Gasteiger partial charge in [0, 0.05) is 11.6 Å². The lowest BCUT2D eigenvalue weighted by atomic mass is 9.78. The number of halogens is 1. The molecule has 3 aromatic rings. The van der Waals surface area contributed by atoms with Crippen LogP contribution in [0.25, 0.3) is 11.1 Å². The Morgan fingerprint density at radius 2 is 1.79 bits per heavy atom. The summed E-state index contributed by atoms with van der Waals surface area (Å²) < 4.78 is 18.9. The minimum atomic E-state index is -0.296. The van der Waals surface area contributed by atoms with Crippen molar-refractivity contribution in [3.63, 3.8) is 0 Å². The summed E-state index contributed by atoms with van der Waals surface area (Å²) in [7, 11) is 0. The van der Waals surface area contributed by atoms with E-state index in [1.54, 1.807) is 12.1 Å². The maximum absolute atomic E-state index is 13.6. The minimum absolute atomic E-state index is 0.253. The molecule has 3 nitrogen and oxygen atoms in total. The number of hydrogen-bond donors (Lipinski definition) is 1. The lowest BCUT2D eigenvalue weighted by molar-refractivity contribution is -0.136. The van der Waals surface area contributed by atoms with E-state index in [2.05, 4.69) is 41.7 Å². The van der Waals surface area contributed by atoms with Gasteiger partial charge in [-0.3, -0.25) is 0 Å². The maximum atomic E-state index is 13.6. The van der Waals surface area contributed by atoms with Crippen molar-refractivity contribution in [1.29, 1.82) is 0 Å². The van der Waals surface area contributed by atoms with Gasteiger partial charge in [0.2, 0.25) is 0 Å². The molecule has 4 heteroatoms. The summed E-state index contributed by atoms with van der Waals surface area (Å²) in [5.74, 6) is -0.839. The molecule has 136 valence electrons. The Morgan fingerprint density at radius 1 is 0.964 bits per heavy atom. The molecular formula is C24H16FNO2. The van der Waals surface area contributed by atoms with Crippen LogP contribution in [0.5, 0.6) is 0 Å². The zero-order valence-corrected chi connectivity index (χ0v) is 15.0. The first-order valence-corrected chi connectivity index (χ1v) is 9.37. The van der Waals surface area contributed by atoms with Gasteiger partial charge in [-0.15, -0.1) is 0 Å². The van der Waals surface area contributed by atoms with E-state index in [0.717, 1.165) is 28.9 Å². The van der Waals surface area contributed by atoms with Crippen LogP contribution in [-0.2, 0) is 16.0 Å². The van der Waals surface area contributed by atoms with Crippen LogP contribution in [0.2, 0.25) is 0 Å². The van der Waals surface area contributed by atoms with Crippen molar-refractivity contribution in [3.8, 4) is 11.1 Å². The van der Waals surface area contributed by atoms with E-state index in [1.165, 1.54) is 34.4 Å². The quantitative estimate of drug-likeness (QED) is 0.492. The number of fused-ring (bicyclic) bond motifs is 5. The number of rotatable bonds is 1. The van der Waals surface area contributed by atoms with Crippen LogP contribution in [0.15, 0.2) is 71.9 Å². The number of hydrogen-bond acceptors (Lipinski definition) is 3. The Balaban J connectivity index is 1.62. The molecule has 0 saturated heterocycles. The molecule has 0 radical (unpaired) electrons. The van der Waals surface area contributed by atoms with E-state index in [4.69, 9.17) is 4.74 Å². The van der Waals surface area contributed by atoms with E-state index in [1.807, 2.05) is 0 Å². The fourth-order valence-corrected chi connectivity index (χ4v) is 4.78. The highest BCUT2D eigenvalue weighted by Crippen LogP contribution is 2.50. The SMILES string of the molecule is O=C1OCC2=C1C(c1ccc(F)cc1)c1c(ccc3c1Cc1ccccc1-3)N2. The van der Waals surface area contributed by atoms with Gasteiger partial charge < -0.3 is 10.1 Å². The monoisotopic (exact) mass is 369 g/mol. The van der Waals surface area contributed by atoms with Crippen molar-refractivity contribution in [2.24, 2.45) is 0 Å². The van der Waals surface area contributed by atoms with Gasteiger partial charge in [0.15, 0.2) is 0 Å². The van der Waals surface area contributed by atoms with Gasteiger partial charge in [0.1, 0.15) is 12.4 Å². The predicted octanol–water partition coefficient (Wildman–Crippen LogP) is 4.77. The minimum Gasteiger partial charge on any atom is -0.456 e. The molecule has 2 aliphatic heterocycles. The lowest BCUT2D eigenvalue weighted by Gasteiger charge is -2.29. The zero-order chi connectivity index (χ0) is 18.8. The smallest absolute Gasteiger partial charge is 0.337 e. The third kappa shape index (κ3) is 2.06. The summed E-state index contributed by atoms with van der Waals surface area (Å²) in [5, 5.41) is 3.42. The second-order valence-corrected chi connectivity index (χ2v) is 7.46. The second kappa shape index (κ2) is 5.55. The second-order valence-electron chi connectivity index (χ2n) is 7.46. The summed E-state index contributed by atoms with van der Waals surface area (Å²) in [5.41, 5.74) is 9.41. The average Bonchev–Trinajstić information content (AvgIpc) is 3.27. The Labute approximate surface area is 161 Å². The third-order valence-corrected chi connectivity index (χ3v) is 5.99. The highest BCUT2D eigenvalue weighted by molar-refractivity contribution is 5.98. The number of benzene rings is 3. The van der Waals surface area contributed by atoms with Gasteiger partial charge in [0.05, 0.1) is 11.3 Å². The Morgan fingerprint density at radius 3 is 2.64 bits per heavy atom. The van der Waals surface area contributed by atoms with E-state index >= 15 is 0 Å². The Bertz CT molecular complexity index is 1190. The molecule has 1 unspecified atom stereocenters. The van der Waals surface area contributed by atoms with Crippen LogP contribution in [0, 0.1) is 5.82 Å². The molecule has 0 saturated carbocycles. The van der Waals surface area contributed by atoms with Gasteiger partial charge in [-0.1, -0.05) is 42.5 Å². The van der Waals surface area contributed by atoms with E-state index in [0.29, 0.717) is 5.57 Å². The van der Waals surface area contributed by atoms with E-state index in [9.17, 15) is 9.18 Å². The van der Waals surface area contributed by atoms with Crippen molar-refractivity contribution in [2.75, 3.05) is 11.9 Å². The number of cyclic esters (lactones) is 1. The fraction of sp³-hybridized carbons (Fsp3) is 0.125. The number of carbonyl (C=O) groups is 1. The van der Waals surface area contributed by atoms with Crippen LogP contribution >= 0.6 is 0 Å². The standard InChI is InChI=1S/C24H16FNO2/c25-15-7-5-13(6-8-15)21-22-18-11-14-3-1-2-4-16(14)17(18)9-10-19(22)26-20-12-28-24(27)23(20)21/h1-10,21,26H,11-12H2. The molecule has 0 amide bonds. The largest absolute Gasteiger partial charge is 0.456 e. The van der Waals surface area contributed by atoms with Gasteiger partial charge >= 0.3 is 5.97 Å². The average molecular weight is 369 g/mol. The first kappa shape index (κ1) is 15.6. The topological polar surface area (TPSA) is 38.3 Å². The molecule has 0 bridgehead atoms. The van der Waals surface area contributed by atoms with Crippen molar-refractivity contribution in [1.82, 2.24) is 0 Å². The highest BCUT2D eigenvalue weighted by Gasteiger charge is 2.40. The first-order chi connectivity index (χ1) is 13.7. The molecule has 3 aromatic carbocycles. The number of carbonyl (C=O) groups excluding carboxylic acids is 1. The summed E-state index contributed by atoms with van der Waals surface area (Å²) in [6.07, 6.45) is 0.825. The fourth-order valence-electron chi connectivity index (χ4n) is 4.78. The van der Waals surface area contributed by atoms with Crippen molar-refractivity contribution < 1.29 is 13.9 Å². The van der Waals surface area contributed by atoms with Gasteiger partial charge in [-0.2, -0.15) is 0 Å². The highest BCUT2D eigenvalue weighted by atomic mass is 19.1. The molecule has 6 rings (SSSR count). The predicted molar refractivity (Wildman–Crippen MR) is 105 cm³/mol. The van der Waals surface area contributed by atoms with Crippen LogP contribution in [0.1, 0.15) is 28.2 Å². The molecule has 1 atom stereocenters. The Hall–Kier alpha value is -3.40. The summed E-state index contributed by atoms with van der Waals surface area (Å²) in [6, 6.07) is 19.1. The zero-order valence-electron chi connectivity index (χ0n) is 15.0. The molecular weight excluding hydrogens is 353 g/mol. The summed E-state index contributed by atoms with van der Waals surface area (Å²) >= 11 is 0. The van der Waals surface area contributed by atoms with Crippen LogP contribution in [-0.4, -0.2) is 12.6 Å². The number of nitrogens with one attached hydrogen (secondary N) is 1.